The molecule has 0 aliphatic rings. The molecule has 9 nitrogen and oxygen atoms in total. The van der Waals surface area contributed by atoms with Crippen LogP contribution in [0.4, 0.5) is 17.2 Å². The first kappa shape index (κ1) is 22.6. The maximum atomic E-state index is 12.8. The number of nitrogens with zero attached hydrogens (tertiary/aromatic N) is 4. The number of benzene rings is 2. The molecule has 0 spiro atoms. The van der Waals surface area contributed by atoms with Gasteiger partial charge in [-0.1, -0.05) is 11.6 Å². The smallest absolute Gasteiger partial charge is 0.265 e. The molecule has 2 heterocycles. The quantitative estimate of drug-likeness (QED) is 0.397. The van der Waals surface area contributed by atoms with E-state index in [1.165, 1.54) is 19.2 Å². The molecule has 2 aromatic heterocycles. The molecule has 33 heavy (non-hydrogen) atoms. The number of halogens is 1. The molecule has 4 rings (SSSR count). The first-order valence-corrected chi connectivity index (χ1v) is 11.7. The summed E-state index contributed by atoms with van der Waals surface area (Å²) < 4.78 is 35.0. The van der Waals surface area contributed by atoms with Gasteiger partial charge in [0, 0.05) is 22.1 Å². The van der Waals surface area contributed by atoms with Gasteiger partial charge in [-0.2, -0.15) is 5.10 Å². The summed E-state index contributed by atoms with van der Waals surface area (Å²) in [4.78, 5) is -0.0438. The van der Waals surface area contributed by atoms with E-state index in [1.54, 1.807) is 41.1 Å². The monoisotopic (exact) mass is 484 g/mol. The Morgan fingerprint density at radius 1 is 0.939 bits per heavy atom. The fourth-order valence-electron chi connectivity index (χ4n) is 3.21. The lowest BCUT2D eigenvalue weighted by molar-refractivity contribution is 0.403. The summed E-state index contributed by atoms with van der Waals surface area (Å²) in [6, 6.07) is 16.7. The molecule has 4 aromatic rings. The summed E-state index contributed by atoms with van der Waals surface area (Å²) in [5.74, 6) is 1.36. The molecule has 0 fully saturated rings. The van der Waals surface area contributed by atoms with Crippen molar-refractivity contribution in [2.75, 3.05) is 17.1 Å². The first-order valence-electron chi connectivity index (χ1n) is 9.86. The van der Waals surface area contributed by atoms with Gasteiger partial charge in [0.15, 0.2) is 11.6 Å². The highest BCUT2D eigenvalue weighted by Crippen LogP contribution is 2.29. The summed E-state index contributed by atoms with van der Waals surface area (Å²) in [5.41, 5.74) is 2.97. The van der Waals surface area contributed by atoms with Crippen LogP contribution < -0.4 is 14.8 Å². The second-order valence-corrected chi connectivity index (χ2v) is 9.31. The van der Waals surface area contributed by atoms with Crippen molar-refractivity contribution in [3.05, 3.63) is 77.1 Å². The number of rotatable bonds is 7. The predicted molar refractivity (Wildman–Crippen MR) is 127 cm³/mol. The van der Waals surface area contributed by atoms with Gasteiger partial charge in [0.25, 0.3) is 10.0 Å². The van der Waals surface area contributed by atoms with Crippen molar-refractivity contribution in [1.29, 1.82) is 0 Å². The summed E-state index contributed by atoms with van der Waals surface area (Å²) in [6.45, 7) is 3.87. The number of sulfonamides is 1. The molecule has 0 unspecified atom stereocenters. The number of nitrogens with one attached hydrogen (secondary N) is 2. The minimum absolute atomic E-state index is 0.0438. The Balaban J connectivity index is 1.46. The second kappa shape index (κ2) is 9.08. The lowest BCUT2D eigenvalue weighted by Gasteiger charge is -2.12. The molecule has 11 heteroatoms. The molecule has 0 radical (unpaired) electrons. The average Bonchev–Trinajstić information content (AvgIpc) is 3.13. The Hall–Kier alpha value is -3.63. The Morgan fingerprint density at radius 2 is 1.67 bits per heavy atom. The molecular formula is C22H21ClN6O3S. The van der Waals surface area contributed by atoms with Gasteiger partial charge in [0.05, 0.1) is 12.8 Å². The van der Waals surface area contributed by atoms with Crippen molar-refractivity contribution in [3.8, 4) is 11.6 Å². The standard InChI is InChI=1S/C22H21ClN6O3S/c1-14-12-15(2)29(27-14)22-11-10-21(25-26-22)24-17-5-7-18(8-6-17)28-33(30,31)20-13-16(23)4-9-19(20)32-3/h4-13,28H,1-3H3,(H,24,25). The van der Waals surface area contributed by atoms with Gasteiger partial charge in [-0.15, -0.1) is 10.2 Å². The maximum absolute atomic E-state index is 12.8. The van der Waals surface area contributed by atoms with E-state index in [0.717, 1.165) is 11.4 Å². The van der Waals surface area contributed by atoms with Crippen molar-refractivity contribution in [3.63, 3.8) is 0 Å². The van der Waals surface area contributed by atoms with Gasteiger partial charge in [0.1, 0.15) is 10.6 Å². The van der Waals surface area contributed by atoms with Gasteiger partial charge < -0.3 is 10.1 Å². The van der Waals surface area contributed by atoms with E-state index in [9.17, 15) is 8.42 Å². The fraction of sp³-hybridized carbons (Fsp3) is 0.136. The molecule has 2 aromatic carbocycles. The van der Waals surface area contributed by atoms with Crippen molar-refractivity contribution >= 4 is 38.8 Å². The second-order valence-electron chi connectivity index (χ2n) is 7.22. The van der Waals surface area contributed by atoms with Crippen LogP contribution in [0.2, 0.25) is 5.02 Å². The Morgan fingerprint density at radius 3 is 2.27 bits per heavy atom. The van der Waals surface area contributed by atoms with Crippen LogP contribution in [0.5, 0.6) is 5.75 Å². The van der Waals surface area contributed by atoms with E-state index < -0.39 is 10.0 Å². The molecule has 0 aliphatic heterocycles. The van der Waals surface area contributed by atoms with E-state index in [0.29, 0.717) is 28.0 Å². The zero-order valence-electron chi connectivity index (χ0n) is 18.1. The third-order valence-electron chi connectivity index (χ3n) is 4.70. The van der Waals surface area contributed by atoms with Crippen LogP contribution in [0, 0.1) is 13.8 Å². The molecule has 0 bridgehead atoms. The zero-order valence-corrected chi connectivity index (χ0v) is 19.6. The highest BCUT2D eigenvalue weighted by molar-refractivity contribution is 7.92. The third-order valence-corrected chi connectivity index (χ3v) is 6.34. The minimum atomic E-state index is -3.89. The average molecular weight is 485 g/mol. The largest absolute Gasteiger partial charge is 0.495 e. The lowest BCUT2D eigenvalue weighted by Crippen LogP contribution is -2.14. The van der Waals surface area contributed by atoms with Crippen molar-refractivity contribution in [1.82, 2.24) is 20.0 Å². The third kappa shape index (κ3) is 5.07. The van der Waals surface area contributed by atoms with Crippen LogP contribution in [0.25, 0.3) is 5.82 Å². The summed E-state index contributed by atoms with van der Waals surface area (Å²) >= 11 is 5.96. The van der Waals surface area contributed by atoms with Crippen molar-refractivity contribution < 1.29 is 13.2 Å². The van der Waals surface area contributed by atoms with Gasteiger partial charge >= 0.3 is 0 Å². The zero-order chi connectivity index (χ0) is 23.6. The Labute approximate surface area is 196 Å². The number of aromatic nitrogens is 4. The number of ether oxygens (including phenoxy) is 1. The molecule has 0 saturated heterocycles. The SMILES string of the molecule is COc1ccc(Cl)cc1S(=O)(=O)Nc1ccc(Nc2ccc(-n3nc(C)cc3C)nn2)cc1. The highest BCUT2D eigenvalue weighted by Gasteiger charge is 2.20. The Kier molecular flexibility index (Phi) is 6.21. The topological polar surface area (TPSA) is 111 Å². The number of aryl methyl sites for hydroxylation is 2. The van der Waals surface area contributed by atoms with Crippen LogP contribution in [-0.4, -0.2) is 35.5 Å². The highest BCUT2D eigenvalue weighted by atomic mass is 35.5. The van der Waals surface area contributed by atoms with E-state index in [1.807, 2.05) is 26.0 Å². The molecule has 170 valence electrons. The molecule has 2 N–H and O–H groups in total. The van der Waals surface area contributed by atoms with Crippen LogP contribution in [0.1, 0.15) is 11.4 Å². The Bertz CT molecular complexity index is 1390. The van der Waals surface area contributed by atoms with E-state index >= 15 is 0 Å². The number of anilines is 3. The number of hydrogen-bond donors (Lipinski definition) is 2. The van der Waals surface area contributed by atoms with Gasteiger partial charge in [0.2, 0.25) is 0 Å². The van der Waals surface area contributed by atoms with Gasteiger partial charge in [-0.3, -0.25) is 4.72 Å². The van der Waals surface area contributed by atoms with Crippen LogP contribution in [-0.2, 0) is 10.0 Å². The summed E-state index contributed by atoms with van der Waals surface area (Å²) in [7, 11) is -2.50. The fourth-order valence-corrected chi connectivity index (χ4v) is 4.70. The first-order chi connectivity index (χ1) is 15.7. The number of methoxy groups -OCH3 is 1. The predicted octanol–water partition coefficient (Wildman–Crippen LogP) is 4.49. The van der Waals surface area contributed by atoms with Crippen molar-refractivity contribution in [2.24, 2.45) is 0 Å². The van der Waals surface area contributed by atoms with Crippen LogP contribution in [0.3, 0.4) is 0 Å². The minimum Gasteiger partial charge on any atom is -0.495 e. The van der Waals surface area contributed by atoms with Crippen LogP contribution in [0.15, 0.2) is 65.6 Å². The summed E-state index contributed by atoms with van der Waals surface area (Å²) in [6.07, 6.45) is 0. The van der Waals surface area contributed by atoms with Gasteiger partial charge in [-0.25, -0.2) is 13.1 Å². The normalized spacial score (nSPS) is 11.3. The van der Waals surface area contributed by atoms with Crippen LogP contribution >= 0.6 is 11.6 Å². The summed E-state index contributed by atoms with van der Waals surface area (Å²) in [5, 5.41) is 16.2. The maximum Gasteiger partial charge on any atom is 0.265 e. The molecule has 0 saturated carbocycles. The molecule has 0 atom stereocenters. The molecule has 0 aliphatic carbocycles. The molecular weight excluding hydrogens is 464 g/mol. The van der Waals surface area contributed by atoms with E-state index in [-0.39, 0.29) is 10.6 Å². The lowest BCUT2D eigenvalue weighted by atomic mass is 10.3. The van der Waals surface area contributed by atoms with E-state index in [4.69, 9.17) is 16.3 Å². The van der Waals surface area contributed by atoms with Gasteiger partial charge in [-0.05, 0) is 74.5 Å². The number of hydrogen-bond acceptors (Lipinski definition) is 7. The van der Waals surface area contributed by atoms with E-state index in [2.05, 4.69) is 25.3 Å². The van der Waals surface area contributed by atoms with Crippen molar-refractivity contribution in [2.45, 2.75) is 18.7 Å². The molecule has 0 amide bonds.